The Kier molecular flexibility index (Phi) is 6.20. The summed E-state index contributed by atoms with van der Waals surface area (Å²) in [7, 11) is 0. The number of hydrogen-bond donors (Lipinski definition) is 0. The minimum atomic E-state index is -0.188. The van der Waals surface area contributed by atoms with Gasteiger partial charge in [0.2, 0.25) is 0 Å². The molecule has 0 aromatic heterocycles. The van der Waals surface area contributed by atoms with Crippen molar-refractivity contribution in [3.8, 4) is 44.5 Å². The van der Waals surface area contributed by atoms with E-state index in [-0.39, 0.29) is 5.41 Å². The fourth-order valence-corrected chi connectivity index (χ4v) is 10.1. The quantitative estimate of drug-likeness (QED) is 0.177. The summed E-state index contributed by atoms with van der Waals surface area (Å²) in [6.45, 7) is 4.46. The number of para-hydroxylation sites is 1. The normalized spacial score (nSPS) is 16.8. The van der Waals surface area contributed by atoms with Gasteiger partial charge in [0.1, 0.15) is 0 Å². The van der Waals surface area contributed by atoms with Crippen molar-refractivity contribution in [1.82, 2.24) is 0 Å². The summed E-state index contributed by atoms with van der Waals surface area (Å²) in [6, 6.07) is 56.6. The maximum absolute atomic E-state index is 2.53. The molecule has 4 aliphatic carbocycles. The molecule has 7 aromatic carbocycles. The SMILES string of the molecule is Cc1ccccc1-c1cccc(N(c2ccccc2)c2ccc(-c3ccc4c(c3)C35C6=C(C=CCC6)c6cccc(c63)-c3cccc-4c35)cc2)c1C. The fraction of sp³-hybridized carbons (Fsp3) is 0.0980. The van der Waals surface area contributed by atoms with Crippen LogP contribution in [0.1, 0.15) is 46.2 Å². The summed E-state index contributed by atoms with van der Waals surface area (Å²) in [6.07, 6.45) is 6.98. The first-order valence-electron chi connectivity index (χ1n) is 18.6. The molecule has 246 valence electrons. The van der Waals surface area contributed by atoms with Crippen LogP contribution in [-0.2, 0) is 5.41 Å². The summed E-state index contributed by atoms with van der Waals surface area (Å²) in [5.74, 6) is 0. The molecule has 0 saturated heterocycles. The van der Waals surface area contributed by atoms with E-state index in [0.29, 0.717) is 0 Å². The van der Waals surface area contributed by atoms with Crippen LogP contribution in [0.3, 0.4) is 0 Å². The van der Waals surface area contributed by atoms with E-state index in [9.17, 15) is 0 Å². The van der Waals surface area contributed by atoms with Gasteiger partial charge in [-0.25, -0.2) is 0 Å². The molecule has 0 N–H and O–H groups in total. The summed E-state index contributed by atoms with van der Waals surface area (Å²) in [5, 5.41) is 0. The molecule has 52 heavy (non-hydrogen) atoms. The second-order valence-electron chi connectivity index (χ2n) is 14.8. The minimum Gasteiger partial charge on any atom is -0.310 e. The van der Waals surface area contributed by atoms with Crippen LogP contribution in [0.4, 0.5) is 17.1 Å². The van der Waals surface area contributed by atoms with Crippen molar-refractivity contribution < 1.29 is 0 Å². The standard InChI is InChI=1S/C51H37N/c1-32-13-6-7-16-38(32)39-18-12-24-48(33(39)2)52(36-14-4-3-5-15-36)37-28-25-34(26-29-37)35-27-30-41-43-20-11-22-45-44-21-10-19-42-40-17-8-9-23-46(40)51(49(42)44,50(43)45)47(41)31-35/h3-8,10-22,24-31H,9,23H2,1-2H3. The molecule has 0 saturated carbocycles. The Bertz CT molecular complexity index is 2690. The van der Waals surface area contributed by atoms with Crippen molar-refractivity contribution in [1.29, 1.82) is 0 Å². The molecule has 0 bridgehead atoms. The van der Waals surface area contributed by atoms with E-state index in [4.69, 9.17) is 0 Å². The molecule has 1 atom stereocenters. The van der Waals surface area contributed by atoms with Crippen molar-refractivity contribution in [2.45, 2.75) is 32.1 Å². The Morgan fingerprint density at radius 1 is 0.500 bits per heavy atom. The van der Waals surface area contributed by atoms with E-state index in [2.05, 4.69) is 183 Å². The van der Waals surface area contributed by atoms with Gasteiger partial charge >= 0.3 is 0 Å². The highest BCUT2D eigenvalue weighted by Crippen LogP contribution is 2.70. The van der Waals surface area contributed by atoms with Crippen LogP contribution >= 0.6 is 0 Å². The number of hydrogen-bond acceptors (Lipinski definition) is 1. The molecule has 0 aliphatic heterocycles. The van der Waals surface area contributed by atoms with Gasteiger partial charge in [-0.15, -0.1) is 0 Å². The van der Waals surface area contributed by atoms with Crippen molar-refractivity contribution >= 4 is 22.6 Å². The van der Waals surface area contributed by atoms with Gasteiger partial charge in [0.05, 0.1) is 5.41 Å². The largest absolute Gasteiger partial charge is 0.310 e. The molecule has 7 aromatic rings. The molecule has 11 rings (SSSR count). The average Bonchev–Trinajstić information content (AvgIpc) is 3.79. The molecular formula is C51H37N. The van der Waals surface area contributed by atoms with Crippen molar-refractivity contribution in [3.63, 3.8) is 0 Å². The highest BCUT2D eigenvalue weighted by Gasteiger charge is 2.58. The summed E-state index contributed by atoms with van der Waals surface area (Å²) in [4.78, 5) is 2.40. The van der Waals surface area contributed by atoms with Gasteiger partial charge in [-0.05, 0) is 152 Å². The Morgan fingerprint density at radius 2 is 1.12 bits per heavy atom. The van der Waals surface area contributed by atoms with E-state index in [0.717, 1.165) is 24.2 Å². The lowest BCUT2D eigenvalue weighted by Gasteiger charge is -2.31. The second-order valence-corrected chi connectivity index (χ2v) is 14.8. The van der Waals surface area contributed by atoms with Crippen LogP contribution in [0.5, 0.6) is 0 Å². The number of anilines is 3. The van der Waals surface area contributed by atoms with Crippen molar-refractivity contribution in [2.24, 2.45) is 0 Å². The first-order valence-corrected chi connectivity index (χ1v) is 18.6. The summed E-state index contributed by atoms with van der Waals surface area (Å²) >= 11 is 0. The van der Waals surface area contributed by atoms with Crippen molar-refractivity contribution in [3.05, 3.63) is 203 Å². The highest BCUT2D eigenvalue weighted by atomic mass is 15.1. The van der Waals surface area contributed by atoms with E-state index in [1.54, 1.807) is 5.57 Å². The molecule has 0 heterocycles. The molecule has 0 amide bonds. The molecule has 1 nitrogen and oxygen atoms in total. The van der Waals surface area contributed by atoms with E-state index < -0.39 is 0 Å². The smallest absolute Gasteiger partial charge is 0.0700 e. The van der Waals surface area contributed by atoms with Crippen LogP contribution in [0.25, 0.3) is 50.1 Å². The summed E-state index contributed by atoms with van der Waals surface area (Å²) in [5.41, 5.74) is 25.5. The van der Waals surface area contributed by atoms with Gasteiger partial charge in [-0.3, -0.25) is 0 Å². The highest BCUT2D eigenvalue weighted by molar-refractivity contribution is 6.07. The number of benzene rings is 7. The number of rotatable bonds is 5. The lowest BCUT2D eigenvalue weighted by atomic mass is 9.70. The van der Waals surface area contributed by atoms with Gasteiger partial charge in [0, 0.05) is 17.1 Å². The third kappa shape index (κ3) is 3.83. The number of aryl methyl sites for hydroxylation is 1. The van der Waals surface area contributed by atoms with Gasteiger partial charge in [0.15, 0.2) is 0 Å². The molecule has 1 spiro atoms. The zero-order valence-electron chi connectivity index (χ0n) is 29.4. The maximum atomic E-state index is 2.53. The van der Waals surface area contributed by atoms with Crippen LogP contribution in [0.15, 0.2) is 169 Å². The molecule has 4 aliphatic rings. The van der Waals surface area contributed by atoms with E-state index >= 15 is 0 Å². The maximum Gasteiger partial charge on any atom is 0.0700 e. The second kappa shape index (κ2) is 10.9. The Hall–Kier alpha value is -6.18. The molecule has 1 unspecified atom stereocenters. The predicted molar refractivity (Wildman–Crippen MR) is 218 cm³/mol. The first-order chi connectivity index (χ1) is 25.6. The monoisotopic (exact) mass is 663 g/mol. The Balaban J connectivity index is 1.05. The molecule has 0 fully saturated rings. The number of nitrogens with zero attached hydrogens (tertiary/aromatic N) is 1. The van der Waals surface area contributed by atoms with E-state index in [1.807, 2.05) is 0 Å². The summed E-state index contributed by atoms with van der Waals surface area (Å²) < 4.78 is 0. The Morgan fingerprint density at radius 3 is 1.90 bits per heavy atom. The molecule has 1 heteroatoms. The molecule has 0 radical (unpaired) electrons. The lowest BCUT2D eigenvalue weighted by Crippen LogP contribution is -2.25. The molecular weight excluding hydrogens is 627 g/mol. The van der Waals surface area contributed by atoms with Crippen LogP contribution in [0.2, 0.25) is 0 Å². The third-order valence-electron chi connectivity index (χ3n) is 12.3. The minimum absolute atomic E-state index is 0.188. The van der Waals surface area contributed by atoms with Crippen LogP contribution < -0.4 is 4.90 Å². The average molecular weight is 664 g/mol. The van der Waals surface area contributed by atoms with Gasteiger partial charge in [0.25, 0.3) is 0 Å². The van der Waals surface area contributed by atoms with Crippen LogP contribution in [0, 0.1) is 13.8 Å². The van der Waals surface area contributed by atoms with Crippen molar-refractivity contribution in [2.75, 3.05) is 4.90 Å². The third-order valence-corrected chi connectivity index (χ3v) is 12.3. The van der Waals surface area contributed by atoms with Crippen LogP contribution in [-0.4, -0.2) is 0 Å². The zero-order chi connectivity index (χ0) is 34.6. The zero-order valence-corrected chi connectivity index (χ0v) is 29.4. The fourth-order valence-electron chi connectivity index (χ4n) is 10.1. The van der Waals surface area contributed by atoms with Gasteiger partial charge < -0.3 is 4.90 Å². The van der Waals surface area contributed by atoms with Gasteiger partial charge in [-0.2, -0.15) is 0 Å². The predicted octanol–water partition coefficient (Wildman–Crippen LogP) is 13.5. The van der Waals surface area contributed by atoms with E-state index in [1.165, 1.54) is 89.1 Å². The lowest BCUT2D eigenvalue weighted by molar-refractivity contribution is 0.730. The number of fused-ring (bicyclic) bond motifs is 4. The number of allylic oxidation sites excluding steroid dienone is 4. The Labute approximate surface area is 305 Å². The first kappa shape index (κ1) is 29.5. The van der Waals surface area contributed by atoms with Gasteiger partial charge in [-0.1, -0.05) is 127 Å². The topological polar surface area (TPSA) is 3.24 Å².